The summed E-state index contributed by atoms with van der Waals surface area (Å²) in [6.07, 6.45) is -5.60. The van der Waals surface area contributed by atoms with Crippen molar-refractivity contribution in [2.45, 2.75) is 12.3 Å². The second kappa shape index (κ2) is 4.93. The highest BCUT2D eigenvalue weighted by atomic mass is 19.4. The largest absolute Gasteiger partial charge is 0.508 e. The zero-order valence-corrected chi connectivity index (χ0v) is 9.72. The summed E-state index contributed by atoms with van der Waals surface area (Å²) in [6.45, 7) is 0. The van der Waals surface area contributed by atoms with Crippen LogP contribution in [0.2, 0.25) is 0 Å². The molecular weight excluding hydrogens is 257 g/mol. The fraction of sp³-hybridized carbons (Fsp3) is 0.143. The van der Waals surface area contributed by atoms with E-state index in [1.165, 1.54) is 36.4 Å². The molecule has 100 valence electrons. The summed E-state index contributed by atoms with van der Waals surface area (Å²) in [4.78, 5) is 0. The van der Waals surface area contributed by atoms with E-state index in [0.29, 0.717) is 5.56 Å². The number of alkyl halides is 3. The van der Waals surface area contributed by atoms with E-state index in [1.807, 2.05) is 0 Å². The fourth-order valence-electron chi connectivity index (χ4n) is 1.73. The van der Waals surface area contributed by atoms with Gasteiger partial charge in [0.15, 0.2) is 0 Å². The molecule has 0 amide bonds. The molecule has 0 bridgehead atoms. The van der Waals surface area contributed by atoms with Crippen LogP contribution < -0.4 is 0 Å². The Morgan fingerprint density at radius 2 is 1.53 bits per heavy atom. The highest BCUT2D eigenvalue weighted by Gasteiger charge is 2.30. The maximum atomic E-state index is 12.6. The lowest BCUT2D eigenvalue weighted by molar-refractivity contribution is -0.137. The van der Waals surface area contributed by atoms with Crippen LogP contribution in [0.5, 0.6) is 5.75 Å². The van der Waals surface area contributed by atoms with Crippen molar-refractivity contribution in [1.29, 1.82) is 0 Å². The number of rotatable bonds is 2. The molecule has 0 fully saturated rings. The molecule has 5 heteroatoms. The second-order valence-electron chi connectivity index (χ2n) is 4.12. The summed E-state index contributed by atoms with van der Waals surface area (Å²) in [7, 11) is 0. The van der Waals surface area contributed by atoms with Crippen molar-refractivity contribution in [2.24, 2.45) is 0 Å². The average Bonchev–Trinajstić information content (AvgIpc) is 2.38. The number of phenols is 1. The summed E-state index contributed by atoms with van der Waals surface area (Å²) in [5.41, 5.74) is -0.236. The van der Waals surface area contributed by atoms with Gasteiger partial charge >= 0.3 is 6.18 Å². The van der Waals surface area contributed by atoms with E-state index in [2.05, 4.69) is 0 Å². The minimum absolute atomic E-state index is 0.0278. The summed E-state index contributed by atoms with van der Waals surface area (Å²) in [5, 5.41) is 19.2. The molecule has 2 aromatic carbocycles. The van der Waals surface area contributed by atoms with Gasteiger partial charge in [-0.1, -0.05) is 24.3 Å². The standard InChI is InChI=1S/C14H11F3O2/c15-14(16,17)11-3-1-2-10(8-11)13(19)9-4-6-12(18)7-5-9/h1-8,13,18-19H. The van der Waals surface area contributed by atoms with Gasteiger partial charge in [-0.2, -0.15) is 13.2 Å². The molecule has 0 saturated carbocycles. The molecule has 0 heterocycles. The average molecular weight is 268 g/mol. The quantitative estimate of drug-likeness (QED) is 0.875. The molecule has 0 spiro atoms. The predicted octanol–water partition coefficient (Wildman–Crippen LogP) is 3.49. The van der Waals surface area contributed by atoms with Gasteiger partial charge in [-0.3, -0.25) is 0 Å². The molecule has 1 unspecified atom stereocenters. The number of halogens is 3. The molecule has 0 aliphatic heterocycles. The Hall–Kier alpha value is -2.01. The Morgan fingerprint density at radius 3 is 2.11 bits per heavy atom. The van der Waals surface area contributed by atoms with E-state index < -0.39 is 17.8 Å². The van der Waals surface area contributed by atoms with Crippen molar-refractivity contribution < 1.29 is 23.4 Å². The molecule has 0 aromatic heterocycles. The van der Waals surface area contributed by atoms with Gasteiger partial charge in [0.05, 0.1) is 5.56 Å². The second-order valence-corrected chi connectivity index (χ2v) is 4.12. The molecule has 0 aliphatic carbocycles. The normalized spacial score (nSPS) is 13.3. The number of aromatic hydroxyl groups is 1. The van der Waals surface area contributed by atoms with Crippen LogP contribution >= 0.6 is 0 Å². The molecule has 19 heavy (non-hydrogen) atoms. The van der Waals surface area contributed by atoms with Crippen LogP contribution in [0.4, 0.5) is 13.2 Å². The fourth-order valence-corrected chi connectivity index (χ4v) is 1.73. The Balaban J connectivity index is 2.34. The van der Waals surface area contributed by atoms with E-state index in [-0.39, 0.29) is 11.3 Å². The molecule has 2 nitrogen and oxygen atoms in total. The van der Waals surface area contributed by atoms with Crippen LogP contribution in [0.15, 0.2) is 48.5 Å². The molecular formula is C14H11F3O2. The van der Waals surface area contributed by atoms with Crippen molar-refractivity contribution in [1.82, 2.24) is 0 Å². The number of aliphatic hydroxyl groups excluding tert-OH is 1. The highest BCUT2D eigenvalue weighted by molar-refractivity contribution is 5.35. The van der Waals surface area contributed by atoms with Gasteiger partial charge in [-0.25, -0.2) is 0 Å². The summed E-state index contributed by atoms with van der Waals surface area (Å²) < 4.78 is 37.7. The molecule has 1 atom stereocenters. The Kier molecular flexibility index (Phi) is 3.48. The molecule has 0 aliphatic rings. The van der Waals surface area contributed by atoms with Gasteiger partial charge in [-0.15, -0.1) is 0 Å². The third-order valence-electron chi connectivity index (χ3n) is 2.74. The first-order valence-electron chi connectivity index (χ1n) is 5.52. The highest BCUT2D eigenvalue weighted by Crippen LogP contribution is 2.32. The minimum atomic E-state index is -4.44. The van der Waals surface area contributed by atoms with E-state index >= 15 is 0 Å². The van der Waals surface area contributed by atoms with Crippen LogP contribution in [-0.4, -0.2) is 10.2 Å². The maximum Gasteiger partial charge on any atom is 0.416 e. The molecule has 0 saturated heterocycles. The van der Waals surface area contributed by atoms with E-state index in [1.54, 1.807) is 0 Å². The zero-order valence-electron chi connectivity index (χ0n) is 9.72. The number of phenolic OH excluding ortho intramolecular Hbond substituents is 1. The van der Waals surface area contributed by atoms with Crippen LogP contribution in [-0.2, 0) is 6.18 Å². The maximum absolute atomic E-state index is 12.6. The lowest BCUT2D eigenvalue weighted by Crippen LogP contribution is -2.07. The summed E-state index contributed by atoms with van der Waals surface area (Å²) in [6, 6.07) is 10.2. The number of aliphatic hydroxyl groups is 1. The zero-order chi connectivity index (χ0) is 14.0. The number of hydrogen-bond donors (Lipinski definition) is 2. The molecule has 2 aromatic rings. The van der Waals surface area contributed by atoms with Gasteiger partial charge < -0.3 is 10.2 Å². The van der Waals surface area contributed by atoms with Gasteiger partial charge in [0.2, 0.25) is 0 Å². The summed E-state index contributed by atoms with van der Waals surface area (Å²) >= 11 is 0. The smallest absolute Gasteiger partial charge is 0.416 e. The van der Waals surface area contributed by atoms with Crippen LogP contribution in [0, 0.1) is 0 Å². The van der Waals surface area contributed by atoms with Crippen molar-refractivity contribution in [3.8, 4) is 5.75 Å². The minimum Gasteiger partial charge on any atom is -0.508 e. The topological polar surface area (TPSA) is 40.5 Å². The van der Waals surface area contributed by atoms with Gasteiger partial charge in [0.25, 0.3) is 0 Å². The summed E-state index contributed by atoms with van der Waals surface area (Å²) in [5.74, 6) is 0.0278. The molecule has 2 rings (SSSR count). The first-order chi connectivity index (χ1) is 8.88. The molecule has 0 radical (unpaired) electrons. The Bertz CT molecular complexity index is 562. The number of hydrogen-bond acceptors (Lipinski definition) is 2. The van der Waals surface area contributed by atoms with E-state index in [4.69, 9.17) is 5.11 Å². The van der Waals surface area contributed by atoms with Crippen LogP contribution in [0.1, 0.15) is 22.8 Å². The third-order valence-corrected chi connectivity index (χ3v) is 2.74. The lowest BCUT2D eigenvalue weighted by atomic mass is 9.99. The number of benzene rings is 2. The van der Waals surface area contributed by atoms with Gasteiger partial charge in [0, 0.05) is 0 Å². The monoisotopic (exact) mass is 268 g/mol. The van der Waals surface area contributed by atoms with Crippen LogP contribution in [0.25, 0.3) is 0 Å². The van der Waals surface area contributed by atoms with E-state index in [9.17, 15) is 18.3 Å². The predicted molar refractivity (Wildman–Crippen MR) is 63.6 cm³/mol. The first-order valence-corrected chi connectivity index (χ1v) is 5.52. The third kappa shape index (κ3) is 3.06. The van der Waals surface area contributed by atoms with E-state index in [0.717, 1.165) is 12.1 Å². The van der Waals surface area contributed by atoms with Gasteiger partial charge in [0.1, 0.15) is 11.9 Å². The van der Waals surface area contributed by atoms with Crippen molar-refractivity contribution in [3.63, 3.8) is 0 Å². The lowest BCUT2D eigenvalue weighted by Gasteiger charge is -2.14. The first kappa shape index (κ1) is 13.4. The van der Waals surface area contributed by atoms with Gasteiger partial charge in [-0.05, 0) is 35.4 Å². The van der Waals surface area contributed by atoms with Crippen molar-refractivity contribution >= 4 is 0 Å². The Morgan fingerprint density at radius 1 is 0.895 bits per heavy atom. The van der Waals surface area contributed by atoms with Crippen molar-refractivity contribution in [2.75, 3.05) is 0 Å². The van der Waals surface area contributed by atoms with Crippen LogP contribution in [0.3, 0.4) is 0 Å². The molecule has 2 N–H and O–H groups in total. The van der Waals surface area contributed by atoms with Crippen molar-refractivity contribution in [3.05, 3.63) is 65.2 Å². The Labute approximate surface area is 107 Å². The SMILES string of the molecule is Oc1ccc(C(O)c2cccc(C(F)(F)F)c2)cc1.